The van der Waals surface area contributed by atoms with Crippen LogP contribution >= 0.6 is 0 Å². The minimum absolute atomic E-state index is 0.221. The molecule has 0 amide bonds. The Hall–Kier alpha value is -0.830. The Kier molecular flexibility index (Phi) is 3.78. The molecule has 0 spiro atoms. The molecule has 1 heteroatoms. The van der Waals surface area contributed by atoms with Crippen LogP contribution < -0.4 is 21.2 Å². The van der Waals surface area contributed by atoms with Gasteiger partial charge in [-0.05, 0) is 0 Å². The monoisotopic (exact) mass is 309 g/mol. The second-order valence-electron chi connectivity index (χ2n) is 3.28. The third-order valence-corrected chi connectivity index (χ3v) is 4.53. The van der Waals surface area contributed by atoms with Crippen LogP contribution in [-0.4, -0.2) is 4.43 Å². The Labute approximate surface area is 102 Å². The maximum atomic E-state index is 2.34. The first-order valence-electron chi connectivity index (χ1n) is 5.15. The van der Waals surface area contributed by atoms with Crippen molar-refractivity contribution in [3.8, 4) is 11.1 Å². The van der Waals surface area contributed by atoms with Gasteiger partial charge in [-0.2, -0.15) is 0 Å². The zero-order chi connectivity index (χ0) is 10.5. The number of benzene rings is 2. The summed E-state index contributed by atoms with van der Waals surface area (Å²) in [6.45, 7) is 2.27. The van der Waals surface area contributed by atoms with Crippen molar-refractivity contribution < 1.29 is 21.2 Å². The van der Waals surface area contributed by atoms with Gasteiger partial charge in [0.15, 0.2) is 0 Å². The molecular weight excluding hydrogens is 295 g/mol. The first-order chi connectivity index (χ1) is 7.40. The summed E-state index contributed by atoms with van der Waals surface area (Å²) in [4.78, 5) is 0. The zero-order valence-corrected chi connectivity index (χ0v) is 10.9. The van der Waals surface area contributed by atoms with E-state index < -0.39 is 0 Å². The molecule has 0 saturated carbocycles. The second-order valence-corrected chi connectivity index (χ2v) is 6.81. The van der Waals surface area contributed by atoms with Crippen molar-refractivity contribution in [1.82, 2.24) is 0 Å². The average Bonchev–Trinajstić information content (AvgIpc) is 2.31. The van der Waals surface area contributed by atoms with Crippen molar-refractivity contribution >= 4 is 0 Å². The number of halogens is 1. The van der Waals surface area contributed by atoms with Crippen molar-refractivity contribution in [3.05, 3.63) is 58.2 Å². The summed E-state index contributed by atoms with van der Waals surface area (Å²) in [7, 11) is 0. The van der Waals surface area contributed by atoms with Crippen LogP contribution in [0, 0.1) is 3.57 Å². The van der Waals surface area contributed by atoms with E-state index in [-0.39, 0.29) is 21.2 Å². The van der Waals surface area contributed by atoms with Crippen molar-refractivity contribution in [3.63, 3.8) is 0 Å². The summed E-state index contributed by atoms with van der Waals surface area (Å²) in [5.41, 5.74) is 2.67. The van der Waals surface area contributed by atoms with E-state index in [1.807, 2.05) is 0 Å². The molecule has 0 radical (unpaired) electrons. The van der Waals surface area contributed by atoms with Crippen LogP contribution in [0.2, 0.25) is 0 Å². The normalized spacial score (nSPS) is 10.5. The molecule has 0 aromatic heterocycles. The molecule has 2 aromatic rings. The Morgan fingerprint density at radius 2 is 1.60 bits per heavy atom. The molecule has 0 bridgehead atoms. The molecule has 0 atom stereocenters. The van der Waals surface area contributed by atoms with Gasteiger partial charge in [0.25, 0.3) is 0 Å². The Morgan fingerprint density at radius 1 is 0.867 bits per heavy atom. The van der Waals surface area contributed by atoms with Gasteiger partial charge in [0.2, 0.25) is 0 Å². The average molecular weight is 309 g/mol. The number of hydrogen-bond donors (Lipinski definition) is 0. The van der Waals surface area contributed by atoms with E-state index in [1.54, 1.807) is 0 Å². The molecule has 0 unspecified atom stereocenters. The van der Waals surface area contributed by atoms with Crippen LogP contribution in [0.1, 0.15) is 6.92 Å². The van der Waals surface area contributed by atoms with Crippen molar-refractivity contribution in [2.24, 2.45) is 0 Å². The molecule has 78 valence electrons. The first kappa shape index (κ1) is 10.7. The second kappa shape index (κ2) is 5.31. The Morgan fingerprint density at radius 3 is 2.33 bits per heavy atom. The van der Waals surface area contributed by atoms with E-state index >= 15 is 0 Å². The molecular formula is C14H14I-. The van der Waals surface area contributed by atoms with Crippen LogP contribution in [0.15, 0.2) is 54.6 Å². The maximum absolute atomic E-state index is 2.34. The summed E-state index contributed by atoms with van der Waals surface area (Å²) in [5.74, 6) is 0. The van der Waals surface area contributed by atoms with Gasteiger partial charge in [-0.1, -0.05) is 0 Å². The third-order valence-electron chi connectivity index (χ3n) is 2.22. The van der Waals surface area contributed by atoms with E-state index in [0.717, 1.165) is 0 Å². The van der Waals surface area contributed by atoms with Gasteiger partial charge < -0.3 is 0 Å². The summed E-state index contributed by atoms with van der Waals surface area (Å²) in [6, 6.07) is 19.5. The van der Waals surface area contributed by atoms with E-state index in [1.165, 1.54) is 19.1 Å². The summed E-state index contributed by atoms with van der Waals surface area (Å²) in [6.07, 6.45) is 0. The minimum atomic E-state index is 0.221. The first-order valence-corrected chi connectivity index (χ1v) is 7.75. The molecule has 0 aliphatic heterocycles. The molecule has 0 fully saturated rings. The van der Waals surface area contributed by atoms with Gasteiger partial charge in [0, 0.05) is 0 Å². The third kappa shape index (κ3) is 2.81. The topological polar surface area (TPSA) is 0 Å². The number of alkyl halides is 1. The van der Waals surface area contributed by atoms with Crippen LogP contribution in [-0.2, 0) is 0 Å². The summed E-state index contributed by atoms with van der Waals surface area (Å²) >= 11 is 0.221. The molecule has 0 nitrogen and oxygen atoms in total. The molecule has 2 aromatic carbocycles. The molecule has 0 saturated heterocycles. The van der Waals surface area contributed by atoms with Gasteiger partial charge in [-0.3, -0.25) is 0 Å². The van der Waals surface area contributed by atoms with Crippen molar-refractivity contribution in [2.45, 2.75) is 6.92 Å². The van der Waals surface area contributed by atoms with Crippen LogP contribution in [0.4, 0.5) is 0 Å². The molecule has 15 heavy (non-hydrogen) atoms. The molecule has 0 aliphatic rings. The van der Waals surface area contributed by atoms with Gasteiger partial charge in [0.05, 0.1) is 0 Å². The summed E-state index contributed by atoms with van der Waals surface area (Å²) < 4.78 is 2.86. The van der Waals surface area contributed by atoms with Gasteiger partial charge >= 0.3 is 102 Å². The Balaban J connectivity index is 2.33. The van der Waals surface area contributed by atoms with Gasteiger partial charge in [-0.15, -0.1) is 0 Å². The molecule has 0 heterocycles. The van der Waals surface area contributed by atoms with E-state index in [9.17, 15) is 0 Å². The number of hydrogen-bond acceptors (Lipinski definition) is 0. The van der Waals surface area contributed by atoms with Crippen LogP contribution in [0.25, 0.3) is 11.1 Å². The predicted molar refractivity (Wildman–Crippen MR) is 61.1 cm³/mol. The molecule has 2 rings (SSSR count). The van der Waals surface area contributed by atoms with E-state index in [0.29, 0.717) is 0 Å². The standard InChI is InChI=1S/C14H14I/c1-2-15-14-10-6-9-13(11-14)12-7-4-3-5-8-12/h3-11H,2H2,1H3/q-1. The fraction of sp³-hybridized carbons (Fsp3) is 0.143. The van der Waals surface area contributed by atoms with Crippen LogP contribution in [0.3, 0.4) is 0 Å². The molecule has 0 aliphatic carbocycles. The van der Waals surface area contributed by atoms with Gasteiger partial charge in [-0.25, -0.2) is 0 Å². The fourth-order valence-electron chi connectivity index (χ4n) is 1.54. The summed E-state index contributed by atoms with van der Waals surface area (Å²) in [5, 5.41) is 0. The van der Waals surface area contributed by atoms with E-state index in [2.05, 4.69) is 61.5 Å². The SMILES string of the molecule is CC[I-]c1cccc(-c2ccccc2)c1. The van der Waals surface area contributed by atoms with Crippen molar-refractivity contribution in [1.29, 1.82) is 0 Å². The van der Waals surface area contributed by atoms with Crippen molar-refractivity contribution in [2.75, 3.05) is 4.43 Å². The van der Waals surface area contributed by atoms with Gasteiger partial charge in [0.1, 0.15) is 0 Å². The zero-order valence-electron chi connectivity index (χ0n) is 8.78. The Bertz CT molecular complexity index is 420. The predicted octanol–water partition coefficient (Wildman–Crippen LogP) is 0.632. The molecule has 0 N–H and O–H groups in total. The quantitative estimate of drug-likeness (QED) is 0.576. The number of rotatable bonds is 3. The fourth-order valence-corrected chi connectivity index (χ4v) is 3.43. The van der Waals surface area contributed by atoms with E-state index in [4.69, 9.17) is 0 Å². The van der Waals surface area contributed by atoms with Crippen LogP contribution in [0.5, 0.6) is 0 Å².